The number of carbonyl (C=O) groups excluding carboxylic acids is 1. The molecule has 0 bridgehead atoms. The Labute approximate surface area is 154 Å². The third kappa shape index (κ3) is 4.83. The second kappa shape index (κ2) is 8.50. The van der Waals surface area contributed by atoms with Gasteiger partial charge in [0.2, 0.25) is 5.91 Å². The summed E-state index contributed by atoms with van der Waals surface area (Å²) >= 11 is 1.74. The van der Waals surface area contributed by atoms with E-state index in [4.69, 9.17) is 0 Å². The molecular weight excluding hydrogens is 330 g/mol. The van der Waals surface area contributed by atoms with Crippen LogP contribution in [0.25, 0.3) is 0 Å². The molecule has 1 aliphatic heterocycles. The van der Waals surface area contributed by atoms with E-state index in [0.717, 1.165) is 39.1 Å². The van der Waals surface area contributed by atoms with Crippen LogP contribution in [0.1, 0.15) is 16.0 Å². The molecule has 1 fully saturated rings. The van der Waals surface area contributed by atoms with Gasteiger partial charge >= 0.3 is 0 Å². The average Bonchev–Trinajstić information content (AvgIpc) is 3.12. The molecule has 4 nitrogen and oxygen atoms in total. The smallest absolute Gasteiger partial charge is 0.234 e. The van der Waals surface area contributed by atoms with Gasteiger partial charge < -0.3 is 10.2 Å². The summed E-state index contributed by atoms with van der Waals surface area (Å²) in [4.78, 5) is 18.1. The zero-order valence-corrected chi connectivity index (χ0v) is 15.9. The quantitative estimate of drug-likeness (QED) is 0.863. The molecule has 3 rings (SSSR count). The molecule has 0 spiro atoms. The average molecular weight is 358 g/mol. The number of nitrogens with zero attached hydrogens (tertiary/aromatic N) is 2. The molecular formula is C20H27N3OS. The molecule has 0 radical (unpaired) electrons. The van der Waals surface area contributed by atoms with Gasteiger partial charge in [-0.2, -0.15) is 0 Å². The summed E-state index contributed by atoms with van der Waals surface area (Å²) in [5.41, 5.74) is 4.03. The number of anilines is 1. The van der Waals surface area contributed by atoms with Crippen LogP contribution in [0.3, 0.4) is 0 Å². The monoisotopic (exact) mass is 357 g/mol. The maximum atomic E-state index is 12.1. The highest BCUT2D eigenvalue weighted by Crippen LogP contribution is 2.23. The molecule has 1 saturated heterocycles. The minimum absolute atomic E-state index is 0.136. The number of piperazine rings is 1. The molecule has 0 unspecified atom stereocenters. The van der Waals surface area contributed by atoms with Gasteiger partial charge in [0.25, 0.3) is 0 Å². The van der Waals surface area contributed by atoms with E-state index in [1.807, 2.05) is 0 Å². The Hall–Kier alpha value is -1.85. The van der Waals surface area contributed by atoms with E-state index in [1.165, 1.54) is 21.7 Å². The van der Waals surface area contributed by atoms with E-state index in [0.29, 0.717) is 6.54 Å². The fourth-order valence-corrected chi connectivity index (χ4v) is 3.97. The van der Waals surface area contributed by atoms with Gasteiger partial charge in [0.05, 0.1) is 6.54 Å². The lowest BCUT2D eigenvalue weighted by atomic mass is 10.1. The Morgan fingerprint density at radius 1 is 1.12 bits per heavy atom. The van der Waals surface area contributed by atoms with Gasteiger partial charge in [-0.05, 0) is 48.9 Å². The van der Waals surface area contributed by atoms with Crippen molar-refractivity contribution in [3.05, 3.63) is 51.7 Å². The van der Waals surface area contributed by atoms with Crippen molar-refractivity contribution in [2.24, 2.45) is 0 Å². The second-order valence-corrected chi connectivity index (χ2v) is 7.69. The third-order valence-electron chi connectivity index (χ3n) is 4.93. The van der Waals surface area contributed by atoms with Gasteiger partial charge in [-0.3, -0.25) is 9.69 Å². The zero-order chi connectivity index (χ0) is 17.6. The van der Waals surface area contributed by atoms with E-state index in [1.54, 1.807) is 11.3 Å². The Kier molecular flexibility index (Phi) is 6.10. The lowest BCUT2D eigenvalue weighted by Crippen LogP contribution is -2.49. The highest BCUT2D eigenvalue weighted by atomic mass is 32.1. The molecule has 0 aliphatic carbocycles. The number of thiophene rings is 1. The minimum Gasteiger partial charge on any atom is -0.369 e. The molecule has 5 heteroatoms. The van der Waals surface area contributed by atoms with Crippen molar-refractivity contribution in [2.45, 2.75) is 20.3 Å². The van der Waals surface area contributed by atoms with Gasteiger partial charge in [0, 0.05) is 43.3 Å². The summed E-state index contributed by atoms with van der Waals surface area (Å²) in [5, 5.41) is 5.12. The van der Waals surface area contributed by atoms with Crippen molar-refractivity contribution in [1.29, 1.82) is 0 Å². The fourth-order valence-electron chi connectivity index (χ4n) is 3.26. The SMILES string of the molecule is Cc1cccc(N2CCN(CC(=O)NCCc3cccs3)CC2)c1C. The van der Waals surface area contributed by atoms with Crippen molar-refractivity contribution in [2.75, 3.05) is 44.2 Å². The normalized spacial score (nSPS) is 15.4. The summed E-state index contributed by atoms with van der Waals surface area (Å²) < 4.78 is 0. The van der Waals surface area contributed by atoms with E-state index >= 15 is 0 Å². The molecule has 134 valence electrons. The molecule has 1 aliphatic rings. The predicted molar refractivity (Wildman–Crippen MR) is 106 cm³/mol. The van der Waals surface area contributed by atoms with Crippen LogP contribution in [0, 0.1) is 13.8 Å². The molecule has 2 heterocycles. The highest BCUT2D eigenvalue weighted by molar-refractivity contribution is 7.09. The topological polar surface area (TPSA) is 35.6 Å². The Morgan fingerprint density at radius 3 is 2.64 bits per heavy atom. The van der Waals surface area contributed by atoms with Gasteiger partial charge in [-0.1, -0.05) is 18.2 Å². The lowest BCUT2D eigenvalue weighted by Gasteiger charge is -2.36. The van der Waals surface area contributed by atoms with Gasteiger partial charge in [-0.15, -0.1) is 11.3 Å². The summed E-state index contributed by atoms with van der Waals surface area (Å²) in [5.74, 6) is 0.136. The first kappa shape index (κ1) is 18.0. The summed E-state index contributed by atoms with van der Waals surface area (Å²) in [7, 11) is 0. The summed E-state index contributed by atoms with van der Waals surface area (Å²) in [6.45, 7) is 9.41. The molecule has 2 aromatic rings. The van der Waals surface area contributed by atoms with Crippen molar-refractivity contribution in [3.8, 4) is 0 Å². The Morgan fingerprint density at radius 2 is 1.92 bits per heavy atom. The molecule has 1 N–H and O–H groups in total. The number of carbonyl (C=O) groups is 1. The van der Waals surface area contributed by atoms with E-state index in [9.17, 15) is 4.79 Å². The first-order chi connectivity index (χ1) is 12.1. The van der Waals surface area contributed by atoms with Gasteiger partial charge in [0.15, 0.2) is 0 Å². The van der Waals surface area contributed by atoms with Crippen LogP contribution >= 0.6 is 11.3 Å². The largest absolute Gasteiger partial charge is 0.369 e. The number of hydrogen-bond acceptors (Lipinski definition) is 4. The van der Waals surface area contributed by atoms with Crippen LogP contribution in [0.2, 0.25) is 0 Å². The maximum Gasteiger partial charge on any atom is 0.234 e. The van der Waals surface area contributed by atoms with E-state index < -0.39 is 0 Å². The summed E-state index contributed by atoms with van der Waals surface area (Å²) in [6, 6.07) is 10.7. The van der Waals surface area contributed by atoms with Crippen LogP contribution in [0.4, 0.5) is 5.69 Å². The van der Waals surface area contributed by atoms with E-state index in [-0.39, 0.29) is 5.91 Å². The van der Waals surface area contributed by atoms with Crippen molar-refractivity contribution < 1.29 is 4.79 Å². The van der Waals surface area contributed by atoms with Crippen LogP contribution in [0.15, 0.2) is 35.7 Å². The van der Waals surface area contributed by atoms with Crippen LogP contribution < -0.4 is 10.2 Å². The first-order valence-corrected chi connectivity index (χ1v) is 9.84. The first-order valence-electron chi connectivity index (χ1n) is 8.96. The predicted octanol–water partition coefficient (Wildman–Crippen LogP) is 2.85. The van der Waals surface area contributed by atoms with Crippen LogP contribution in [-0.2, 0) is 11.2 Å². The van der Waals surface area contributed by atoms with Gasteiger partial charge in [-0.25, -0.2) is 0 Å². The molecule has 1 aromatic heterocycles. The standard InChI is InChI=1S/C20H27N3OS/c1-16-5-3-7-19(17(16)2)23-12-10-22(11-13-23)15-20(24)21-9-8-18-6-4-14-25-18/h3-7,14H,8-13,15H2,1-2H3,(H,21,24). The minimum atomic E-state index is 0.136. The molecule has 0 atom stereocenters. The molecule has 1 amide bonds. The molecule has 1 aromatic carbocycles. The fraction of sp³-hybridized carbons (Fsp3) is 0.450. The number of nitrogens with one attached hydrogen (secondary N) is 1. The van der Waals surface area contributed by atoms with Crippen molar-refractivity contribution in [3.63, 3.8) is 0 Å². The Bertz CT molecular complexity index is 691. The Balaban J connectivity index is 1.41. The van der Waals surface area contributed by atoms with Crippen molar-refractivity contribution in [1.82, 2.24) is 10.2 Å². The van der Waals surface area contributed by atoms with Crippen LogP contribution in [0.5, 0.6) is 0 Å². The number of benzene rings is 1. The zero-order valence-electron chi connectivity index (χ0n) is 15.1. The number of aryl methyl sites for hydroxylation is 1. The van der Waals surface area contributed by atoms with Gasteiger partial charge in [0.1, 0.15) is 0 Å². The number of amides is 1. The third-order valence-corrected chi connectivity index (χ3v) is 5.87. The van der Waals surface area contributed by atoms with Crippen molar-refractivity contribution >= 4 is 22.9 Å². The number of hydrogen-bond donors (Lipinski definition) is 1. The summed E-state index contributed by atoms with van der Waals surface area (Å²) in [6.07, 6.45) is 0.920. The molecule has 25 heavy (non-hydrogen) atoms. The lowest BCUT2D eigenvalue weighted by molar-refractivity contribution is -0.122. The highest BCUT2D eigenvalue weighted by Gasteiger charge is 2.20. The van der Waals surface area contributed by atoms with Crippen LogP contribution in [-0.4, -0.2) is 50.1 Å². The molecule has 0 saturated carbocycles. The van der Waals surface area contributed by atoms with E-state index in [2.05, 4.69) is 64.7 Å². The maximum absolute atomic E-state index is 12.1. The second-order valence-electron chi connectivity index (χ2n) is 6.66. The number of rotatable bonds is 6.